The van der Waals surface area contributed by atoms with Gasteiger partial charge in [0, 0.05) is 5.39 Å². The molecule has 0 bridgehead atoms. The van der Waals surface area contributed by atoms with E-state index in [4.69, 9.17) is 9.57 Å². The number of ether oxygens (including phenoxy) is 1. The fourth-order valence-electron chi connectivity index (χ4n) is 2.28. The van der Waals surface area contributed by atoms with Crippen molar-refractivity contribution in [2.45, 2.75) is 19.8 Å². The van der Waals surface area contributed by atoms with Crippen molar-refractivity contribution in [2.75, 3.05) is 13.2 Å². The van der Waals surface area contributed by atoms with Crippen LogP contribution in [0.2, 0.25) is 0 Å². The summed E-state index contributed by atoms with van der Waals surface area (Å²) in [5.41, 5.74) is -0.662. The van der Waals surface area contributed by atoms with Crippen LogP contribution < -0.4 is 10.4 Å². The Labute approximate surface area is 126 Å². The first-order chi connectivity index (χ1) is 10.6. The predicted molar refractivity (Wildman–Crippen MR) is 80.0 cm³/mol. The van der Waals surface area contributed by atoms with Crippen molar-refractivity contribution in [3.8, 4) is 5.75 Å². The second-order valence-corrected chi connectivity index (χ2v) is 5.30. The zero-order valence-electron chi connectivity index (χ0n) is 12.2. The molecular weight excluding hydrogens is 286 g/mol. The van der Waals surface area contributed by atoms with Crippen LogP contribution in [0.4, 0.5) is 0 Å². The summed E-state index contributed by atoms with van der Waals surface area (Å²) in [5.74, 6) is -0.768. The van der Waals surface area contributed by atoms with Gasteiger partial charge < -0.3 is 14.7 Å². The number of rotatable bonds is 5. The molecule has 1 aromatic heterocycles. The van der Waals surface area contributed by atoms with Crippen LogP contribution in [0.15, 0.2) is 29.1 Å². The van der Waals surface area contributed by atoms with Gasteiger partial charge in [0.15, 0.2) is 5.56 Å². The number of nitrogens with zero attached hydrogens (tertiary/aromatic N) is 1. The molecule has 1 fully saturated rings. The third-order valence-electron chi connectivity index (χ3n) is 3.63. The predicted octanol–water partition coefficient (Wildman–Crippen LogP) is 1.72. The van der Waals surface area contributed by atoms with E-state index in [2.05, 4.69) is 0 Å². The first-order valence-corrected chi connectivity index (χ1v) is 7.30. The number of aromatic nitrogens is 1. The van der Waals surface area contributed by atoms with Crippen molar-refractivity contribution in [2.24, 2.45) is 5.92 Å². The van der Waals surface area contributed by atoms with E-state index in [-0.39, 0.29) is 12.4 Å². The molecule has 0 spiro atoms. The van der Waals surface area contributed by atoms with E-state index in [1.165, 1.54) is 0 Å². The number of pyridine rings is 1. The molecule has 6 heteroatoms. The van der Waals surface area contributed by atoms with Crippen molar-refractivity contribution in [3.63, 3.8) is 0 Å². The molecule has 6 nitrogen and oxygen atoms in total. The Morgan fingerprint density at radius 2 is 2.09 bits per heavy atom. The lowest BCUT2D eigenvalue weighted by molar-refractivity contribution is 0.0509. The molecule has 1 aromatic carbocycles. The maximum absolute atomic E-state index is 12.5. The fraction of sp³-hybridized carbons (Fsp3) is 0.375. The van der Waals surface area contributed by atoms with Crippen LogP contribution in [-0.4, -0.2) is 29.0 Å². The lowest BCUT2D eigenvalue weighted by Crippen LogP contribution is -2.33. The molecule has 22 heavy (non-hydrogen) atoms. The van der Waals surface area contributed by atoms with Crippen molar-refractivity contribution in [1.29, 1.82) is 0 Å². The van der Waals surface area contributed by atoms with Crippen LogP contribution in [-0.2, 0) is 4.74 Å². The van der Waals surface area contributed by atoms with E-state index in [1.54, 1.807) is 31.2 Å². The molecule has 1 aliphatic carbocycles. The lowest BCUT2D eigenvalue weighted by atomic mass is 10.1. The molecule has 1 aliphatic rings. The fourth-order valence-corrected chi connectivity index (χ4v) is 2.28. The first kappa shape index (κ1) is 14.4. The van der Waals surface area contributed by atoms with E-state index >= 15 is 0 Å². The van der Waals surface area contributed by atoms with Crippen LogP contribution >= 0.6 is 0 Å². The summed E-state index contributed by atoms with van der Waals surface area (Å²) in [5, 5.41) is 10.6. The van der Waals surface area contributed by atoms with E-state index < -0.39 is 17.1 Å². The minimum atomic E-state index is -0.848. The third-order valence-corrected chi connectivity index (χ3v) is 3.63. The number of benzene rings is 1. The third kappa shape index (κ3) is 2.52. The summed E-state index contributed by atoms with van der Waals surface area (Å²) in [6.07, 6.45) is 2.16. The van der Waals surface area contributed by atoms with Crippen LogP contribution in [0.25, 0.3) is 10.9 Å². The smallest absolute Gasteiger partial charge is 0.347 e. The molecule has 3 rings (SSSR count). The van der Waals surface area contributed by atoms with Gasteiger partial charge in [0.05, 0.1) is 12.1 Å². The number of fused-ring (bicyclic) bond motifs is 1. The summed E-state index contributed by atoms with van der Waals surface area (Å²) < 4.78 is 5.95. The standard InChI is InChI=1S/C16H17NO5/c1-2-21-16(20)13-14(18)11-5-3-4-6-12(11)17(15(13)19)22-9-10-7-8-10/h3-6,10,18H,2,7-9H2,1H3. The van der Waals surface area contributed by atoms with E-state index in [1.807, 2.05) is 0 Å². The number of carbonyl (C=O) groups excluding carboxylic acids is 1. The normalized spacial score (nSPS) is 14.0. The van der Waals surface area contributed by atoms with Crippen molar-refractivity contribution >= 4 is 16.9 Å². The van der Waals surface area contributed by atoms with Gasteiger partial charge in [0.25, 0.3) is 0 Å². The Balaban J connectivity index is 2.17. The van der Waals surface area contributed by atoms with Gasteiger partial charge in [-0.1, -0.05) is 12.1 Å². The minimum absolute atomic E-state index is 0.119. The number of hydrogen-bond acceptors (Lipinski definition) is 5. The van der Waals surface area contributed by atoms with Gasteiger partial charge in [0.1, 0.15) is 12.4 Å². The highest BCUT2D eigenvalue weighted by Crippen LogP contribution is 2.29. The van der Waals surface area contributed by atoms with Crippen molar-refractivity contribution < 1.29 is 19.5 Å². The average Bonchev–Trinajstić information content (AvgIpc) is 3.32. The average molecular weight is 303 g/mol. The van der Waals surface area contributed by atoms with Crippen molar-refractivity contribution in [1.82, 2.24) is 4.73 Å². The Morgan fingerprint density at radius 3 is 2.77 bits per heavy atom. The summed E-state index contributed by atoms with van der Waals surface area (Å²) in [7, 11) is 0. The number of para-hydroxylation sites is 1. The van der Waals surface area contributed by atoms with Gasteiger partial charge in [-0.15, -0.1) is 4.73 Å². The number of esters is 1. The van der Waals surface area contributed by atoms with Gasteiger partial charge in [-0.25, -0.2) is 4.79 Å². The molecule has 1 saturated carbocycles. The largest absolute Gasteiger partial charge is 0.506 e. The molecule has 0 atom stereocenters. The van der Waals surface area contributed by atoms with Crippen LogP contribution in [0.5, 0.6) is 5.75 Å². The molecule has 0 aliphatic heterocycles. The second-order valence-electron chi connectivity index (χ2n) is 5.30. The van der Waals surface area contributed by atoms with Crippen LogP contribution in [0.3, 0.4) is 0 Å². The molecule has 0 amide bonds. The van der Waals surface area contributed by atoms with Gasteiger partial charge in [-0.3, -0.25) is 4.79 Å². The van der Waals surface area contributed by atoms with E-state index in [0.717, 1.165) is 17.6 Å². The summed E-state index contributed by atoms with van der Waals surface area (Å²) in [4.78, 5) is 30.1. The summed E-state index contributed by atoms with van der Waals surface area (Å²) in [6.45, 7) is 2.17. The molecule has 116 valence electrons. The van der Waals surface area contributed by atoms with Gasteiger partial charge in [0.2, 0.25) is 0 Å². The van der Waals surface area contributed by atoms with Crippen LogP contribution in [0, 0.1) is 5.92 Å². The number of aromatic hydroxyl groups is 1. The highest BCUT2D eigenvalue weighted by Gasteiger charge is 2.26. The highest BCUT2D eigenvalue weighted by molar-refractivity contribution is 5.99. The number of hydrogen-bond donors (Lipinski definition) is 1. The van der Waals surface area contributed by atoms with Gasteiger partial charge in [-0.2, -0.15) is 0 Å². The Morgan fingerprint density at radius 1 is 1.36 bits per heavy atom. The molecule has 0 saturated heterocycles. The number of carbonyl (C=O) groups is 1. The second kappa shape index (κ2) is 5.71. The minimum Gasteiger partial charge on any atom is -0.506 e. The first-order valence-electron chi connectivity index (χ1n) is 7.30. The molecule has 0 radical (unpaired) electrons. The zero-order valence-corrected chi connectivity index (χ0v) is 12.2. The van der Waals surface area contributed by atoms with Crippen molar-refractivity contribution in [3.05, 3.63) is 40.2 Å². The molecule has 2 aromatic rings. The Bertz CT molecular complexity index is 776. The molecule has 1 heterocycles. The zero-order chi connectivity index (χ0) is 15.7. The van der Waals surface area contributed by atoms with Gasteiger partial charge >= 0.3 is 11.5 Å². The lowest BCUT2D eigenvalue weighted by Gasteiger charge is -2.14. The maximum atomic E-state index is 12.5. The van der Waals surface area contributed by atoms with E-state index in [0.29, 0.717) is 23.4 Å². The quantitative estimate of drug-likeness (QED) is 0.851. The Kier molecular flexibility index (Phi) is 3.75. The SMILES string of the molecule is CCOC(=O)c1c(O)c2ccccc2n(OCC2CC2)c1=O. The summed E-state index contributed by atoms with van der Waals surface area (Å²) >= 11 is 0. The molecule has 1 N–H and O–H groups in total. The molecular formula is C16H17NO5. The van der Waals surface area contributed by atoms with Crippen LogP contribution in [0.1, 0.15) is 30.1 Å². The maximum Gasteiger partial charge on any atom is 0.347 e. The Hall–Kier alpha value is -2.50. The highest BCUT2D eigenvalue weighted by atomic mass is 16.7. The monoisotopic (exact) mass is 303 g/mol. The topological polar surface area (TPSA) is 77.8 Å². The molecule has 0 unspecified atom stereocenters. The van der Waals surface area contributed by atoms with Gasteiger partial charge in [-0.05, 0) is 37.8 Å². The summed E-state index contributed by atoms with van der Waals surface area (Å²) in [6, 6.07) is 6.75. The van der Waals surface area contributed by atoms with E-state index in [9.17, 15) is 14.7 Å².